The predicted octanol–water partition coefficient (Wildman–Crippen LogP) is 5.31. The second-order valence-electron chi connectivity index (χ2n) is 7.25. The number of aromatic nitrogens is 3. The lowest BCUT2D eigenvalue weighted by molar-refractivity contribution is 0.990. The van der Waals surface area contributed by atoms with Crippen molar-refractivity contribution in [1.29, 1.82) is 0 Å². The third-order valence-corrected chi connectivity index (χ3v) is 5.68. The van der Waals surface area contributed by atoms with Gasteiger partial charge in [-0.2, -0.15) is 0 Å². The number of rotatable bonds is 2. The number of halogens is 2. The molecule has 0 atom stereocenters. The zero-order chi connectivity index (χ0) is 21.7. The molecule has 2 aromatic carbocycles. The average molecular weight is 448 g/mol. The number of para-hydroxylation sites is 1. The molecule has 0 saturated carbocycles. The lowest BCUT2D eigenvalue weighted by atomic mass is 10.1. The van der Waals surface area contributed by atoms with Gasteiger partial charge in [-0.05, 0) is 55.0 Å². The van der Waals surface area contributed by atoms with E-state index in [4.69, 9.17) is 23.2 Å². The van der Waals surface area contributed by atoms with Crippen LogP contribution in [0.3, 0.4) is 0 Å². The first kappa shape index (κ1) is 19.5. The normalized spacial score (nSPS) is 11.3. The van der Waals surface area contributed by atoms with Crippen LogP contribution in [0.1, 0.15) is 5.56 Å². The van der Waals surface area contributed by atoms with Crippen molar-refractivity contribution in [3.05, 3.63) is 109 Å². The molecule has 0 aliphatic heterocycles. The van der Waals surface area contributed by atoms with Crippen molar-refractivity contribution >= 4 is 45.0 Å². The van der Waals surface area contributed by atoms with Gasteiger partial charge in [0.25, 0.3) is 11.1 Å². The summed E-state index contributed by atoms with van der Waals surface area (Å²) in [6, 6.07) is 17.7. The number of hydrogen-bond donors (Lipinski definition) is 0. The number of pyridine rings is 3. The van der Waals surface area contributed by atoms with Crippen LogP contribution < -0.4 is 11.1 Å². The molecule has 5 aromatic rings. The first-order valence-electron chi connectivity index (χ1n) is 9.53. The molecule has 0 bridgehead atoms. The summed E-state index contributed by atoms with van der Waals surface area (Å²) in [4.78, 5) is 31.1. The molecule has 152 valence electrons. The number of benzene rings is 2. The summed E-state index contributed by atoms with van der Waals surface area (Å²) < 4.78 is 3.01. The average Bonchev–Trinajstić information content (AvgIpc) is 2.73. The monoisotopic (exact) mass is 447 g/mol. The topological polar surface area (TPSA) is 56.9 Å². The van der Waals surface area contributed by atoms with Crippen LogP contribution in [0.5, 0.6) is 0 Å². The minimum atomic E-state index is -0.309. The van der Waals surface area contributed by atoms with E-state index in [1.165, 1.54) is 4.57 Å². The van der Waals surface area contributed by atoms with E-state index in [1.54, 1.807) is 53.4 Å². The maximum Gasteiger partial charge on any atom is 0.264 e. The Morgan fingerprint density at radius 3 is 1.97 bits per heavy atom. The number of nitrogens with zero attached hydrogens (tertiary/aromatic N) is 3. The summed E-state index contributed by atoms with van der Waals surface area (Å²) in [5.41, 5.74) is 2.79. The molecule has 0 unspecified atom stereocenters. The van der Waals surface area contributed by atoms with Crippen LogP contribution in [0, 0.1) is 6.92 Å². The van der Waals surface area contributed by atoms with Crippen LogP contribution in [0.2, 0.25) is 10.0 Å². The van der Waals surface area contributed by atoms with Crippen molar-refractivity contribution < 1.29 is 0 Å². The van der Waals surface area contributed by atoms with Crippen LogP contribution >= 0.6 is 23.2 Å². The van der Waals surface area contributed by atoms with Gasteiger partial charge in [-0.15, -0.1) is 0 Å². The molecule has 7 heteroatoms. The Kier molecular flexibility index (Phi) is 4.65. The molecule has 5 rings (SSSR count). The van der Waals surface area contributed by atoms with Crippen molar-refractivity contribution in [1.82, 2.24) is 14.1 Å². The smallest absolute Gasteiger partial charge is 0.264 e. The Morgan fingerprint density at radius 2 is 1.32 bits per heavy atom. The van der Waals surface area contributed by atoms with Gasteiger partial charge < -0.3 is 0 Å². The van der Waals surface area contributed by atoms with Gasteiger partial charge >= 0.3 is 0 Å². The minimum Gasteiger partial charge on any atom is -0.284 e. The van der Waals surface area contributed by atoms with Gasteiger partial charge in [-0.3, -0.25) is 18.7 Å². The van der Waals surface area contributed by atoms with Crippen molar-refractivity contribution in [3.63, 3.8) is 0 Å². The first-order valence-corrected chi connectivity index (χ1v) is 10.3. The molecule has 0 saturated heterocycles. The molecule has 3 heterocycles. The lowest BCUT2D eigenvalue weighted by Gasteiger charge is -2.11. The fourth-order valence-electron chi connectivity index (χ4n) is 3.73. The van der Waals surface area contributed by atoms with Crippen molar-refractivity contribution in [2.45, 2.75) is 6.92 Å². The predicted molar refractivity (Wildman–Crippen MR) is 125 cm³/mol. The fourth-order valence-corrected chi connectivity index (χ4v) is 4.24. The van der Waals surface area contributed by atoms with Crippen molar-refractivity contribution in [2.75, 3.05) is 0 Å². The van der Waals surface area contributed by atoms with E-state index in [0.29, 0.717) is 37.5 Å². The highest BCUT2D eigenvalue weighted by Gasteiger charge is 2.12. The molecule has 0 fully saturated rings. The highest BCUT2D eigenvalue weighted by molar-refractivity contribution is 6.34. The quantitative estimate of drug-likeness (QED) is 0.344. The van der Waals surface area contributed by atoms with E-state index in [-0.39, 0.29) is 11.1 Å². The van der Waals surface area contributed by atoms with E-state index in [9.17, 15) is 9.59 Å². The van der Waals surface area contributed by atoms with Gasteiger partial charge in [-0.25, -0.2) is 4.98 Å². The summed E-state index contributed by atoms with van der Waals surface area (Å²) >= 11 is 12.2. The van der Waals surface area contributed by atoms with Crippen LogP contribution in [-0.4, -0.2) is 14.1 Å². The number of fused-ring (bicyclic) bond motifs is 2. The molecular weight excluding hydrogens is 433 g/mol. The van der Waals surface area contributed by atoms with Crippen LogP contribution in [-0.2, 0) is 0 Å². The fraction of sp³-hybridized carbons (Fsp3) is 0.0417. The van der Waals surface area contributed by atoms with E-state index in [0.717, 1.165) is 11.3 Å². The van der Waals surface area contributed by atoms with Crippen LogP contribution in [0.15, 0.2) is 82.6 Å². The third-order valence-electron chi connectivity index (χ3n) is 5.24. The number of aryl methyl sites for hydroxylation is 1. The summed E-state index contributed by atoms with van der Waals surface area (Å²) in [5.74, 6) is 0. The Bertz CT molecular complexity index is 1600. The zero-order valence-electron chi connectivity index (χ0n) is 16.3. The van der Waals surface area contributed by atoms with E-state index >= 15 is 0 Å². The number of hydrogen-bond acceptors (Lipinski definition) is 3. The molecule has 0 aliphatic rings. The maximum atomic E-state index is 13.3. The van der Waals surface area contributed by atoms with E-state index in [2.05, 4.69) is 4.98 Å². The van der Waals surface area contributed by atoms with E-state index < -0.39 is 0 Å². The maximum absolute atomic E-state index is 13.3. The standard InChI is InChI=1S/C24H15Cl2N3O2/c1-14-4-2-3-5-22(14)29-9-7-21-19(24(29)31)13-18-20(27-21)6-8-28(23(18)30)17-11-15(25)10-16(26)12-17/h2-13H,1H3. The van der Waals surface area contributed by atoms with Gasteiger partial charge in [0.1, 0.15) is 0 Å². The SMILES string of the molecule is Cc1ccccc1-n1ccc2nc3ccn(-c4cc(Cl)cc(Cl)c4)c(=O)c3cc2c1=O. The molecule has 0 N–H and O–H groups in total. The minimum absolute atomic E-state index is 0.234. The first-order chi connectivity index (χ1) is 14.9. The molecular formula is C24H15Cl2N3O2. The second kappa shape index (κ2) is 7.38. The molecule has 0 aliphatic carbocycles. The van der Waals surface area contributed by atoms with Crippen LogP contribution in [0.4, 0.5) is 0 Å². The zero-order valence-corrected chi connectivity index (χ0v) is 17.9. The highest BCUT2D eigenvalue weighted by atomic mass is 35.5. The summed E-state index contributed by atoms with van der Waals surface area (Å²) in [7, 11) is 0. The lowest BCUT2D eigenvalue weighted by Crippen LogP contribution is -2.21. The summed E-state index contributed by atoms with van der Waals surface area (Å²) in [5, 5.41) is 1.56. The molecule has 3 aromatic heterocycles. The van der Waals surface area contributed by atoms with Crippen LogP contribution in [0.25, 0.3) is 33.2 Å². The Labute approximate surface area is 186 Å². The largest absolute Gasteiger partial charge is 0.284 e. The molecule has 0 amide bonds. The van der Waals surface area contributed by atoms with Crippen molar-refractivity contribution in [2.24, 2.45) is 0 Å². The molecule has 0 spiro atoms. The third kappa shape index (κ3) is 3.32. The summed E-state index contributed by atoms with van der Waals surface area (Å²) in [6.45, 7) is 1.94. The van der Waals surface area contributed by atoms with Gasteiger partial charge in [0.15, 0.2) is 0 Å². The van der Waals surface area contributed by atoms with Gasteiger partial charge in [0, 0.05) is 22.4 Å². The highest BCUT2D eigenvalue weighted by Crippen LogP contribution is 2.22. The Hall–Kier alpha value is -3.41. The Balaban J connectivity index is 1.79. The van der Waals surface area contributed by atoms with Gasteiger partial charge in [0.2, 0.25) is 0 Å². The van der Waals surface area contributed by atoms with Gasteiger partial charge in [0.05, 0.1) is 33.2 Å². The second-order valence-corrected chi connectivity index (χ2v) is 8.12. The van der Waals surface area contributed by atoms with Gasteiger partial charge in [-0.1, -0.05) is 41.4 Å². The molecule has 0 radical (unpaired) electrons. The Morgan fingerprint density at radius 1 is 0.742 bits per heavy atom. The molecule has 31 heavy (non-hydrogen) atoms. The summed E-state index contributed by atoms with van der Waals surface area (Å²) in [6.07, 6.45) is 3.33. The van der Waals surface area contributed by atoms with Crippen molar-refractivity contribution in [3.8, 4) is 11.4 Å². The van der Waals surface area contributed by atoms with E-state index in [1.807, 2.05) is 31.2 Å². The molecule has 5 nitrogen and oxygen atoms in total.